The fourth-order valence-electron chi connectivity index (χ4n) is 5.88. The van der Waals surface area contributed by atoms with Gasteiger partial charge >= 0.3 is 0 Å². The first-order valence-electron chi connectivity index (χ1n) is 13.8. The van der Waals surface area contributed by atoms with Gasteiger partial charge in [-0.05, 0) is 87.5 Å². The zero-order valence-electron chi connectivity index (χ0n) is 22.9. The van der Waals surface area contributed by atoms with Crippen molar-refractivity contribution >= 4 is 21.9 Å². The van der Waals surface area contributed by atoms with Crippen molar-refractivity contribution in [3.05, 3.63) is 160 Å². The van der Waals surface area contributed by atoms with Crippen molar-refractivity contribution in [2.45, 2.75) is 27.2 Å². The lowest BCUT2D eigenvalue weighted by molar-refractivity contribution is 0.954. The van der Waals surface area contributed by atoms with Crippen LogP contribution in [0, 0.1) is 19.8 Å². The number of hydrogen-bond acceptors (Lipinski definition) is 1. The molecule has 0 radical (unpaired) electrons. The summed E-state index contributed by atoms with van der Waals surface area (Å²) < 4.78 is 0. The molecule has 0 bridgehead atoms. The quantitative estimate of drug-likeness (QED) is 0.243. The predicted molar refractivity (Wildman–Crippen MR) is 166 cm³/mol. The highest BCUT2D eigenvalue weighted by molar-refractivity contribution is 5.96. The van der Waals surface area contributed by atoms with Crippen LogP contribution in [-0.2, 0) is 0 Å². The summed E-state index contributed by atoms with van der Waals surface area (Å²) in [6, 6.07) is 37.4. The Morgan fingerprint density at radius 1 is 0.667 bits per heavy atom. The van der Waals surface area contributed by atoms with E-state index in [0.29, 0.717) is 0 Å². The molecule has 0 N–H and O–H groups in total. The highest BCUT2D eigenvalue weighted by Crippen LogP contribution is 2.30. The van der Waals surface area contributed by atoms with Crippen molar-refractivity contribution in [3.8, 4) is 11.3 Å². The molecule has 1 nitrogen and oxygen atoms in total. The standard InChI is InChI=1S/C38H33N/c1-26-14-9-22-32-31(26)21-12-23-34(32)33-18-6-4-5-13-27(2)38(36-20-8-7-19-35(33)36)30-17-11-16-29(25-30)37-24-10-15-28(3)39-37/h4-17,19-25,27H,18H2,1-3H3/b6-4-,13-5-,35-33+,38-36+. The number of fused-ring (bicyclic) bond motifs is 2. The van der Waals surface area contributed by atoms with Gasteiger partial charge in [0.2, 0.25) is 0 Å². The molecule has 1 heterocycles. The summed E-state index contributed by atoms with van der Waals surface area (Å²) in [6.45, 7) is 6.55. The van der Waals surface area contributed by atoms with Crippen molar-refractivity contribution in [2.75, 3.05) is 0 Å². The number of pyridine rings is 1. The Bertz CT molecular complexity index is 1870. The predicted octanol–water partition coefficient (Wildman–Crippen LogP) is 8.07. The number of rotatable bonds is 3. The average Bonchev–Trinajstić information content (AvgIpc) is 2.96. The number of nitrogens with zero attached hydrogens (tertiary/aromatic N) is 1. The van der Waals surface area contributed by atoms with Crippen LogP contribution in [0.15, 0.2) is 127 Å². The number of allylic oxidation sites excluding steroid dienone is 4. The lowest BCUT2D eigenvalue weighted by Gasteiger charge is -2.18. The molecule has 1 aliphatic carbocycles. The molecular formula is C38H33N. The van der Waals surface area contributed by atoms with Gasteiger partial charge in [0, 0.05) is 17.2 Å². The number of benzene rings is 4. The minimum atomic E-state index is 0.227. The smallest absolute Gasteiger partial charge is 0.0705 e. The second-order valence-corrected chi connectivity index (χ2v) is 10.5. The van der Waals surface area contributed by atoms with Gasteiger partial charge in [-0.1, -0.05) is 116 Å². The van der Waals surface area contributed by atoms with Crippen LogP contribution in [0.25, 0.3) is 33.2 Å². The SMILES string of the molecule is Cc1cccc(-c2cccc(/C3=c4\cccc\c4=C(/c4cccc5c(C)cccc45)C/C=C\C=C/C3C)c2)n1. The van der Waals surface area contributed by atoms with Gasteiger partial charge in [-0.3, -0.25) is 4.98 Å². The molecule has 1 unspecified atom stereocenters. The minimum absolute atomic E-state index is 0.227. The third-order valence-electron chi connectivity index (χ3n) is 7.79. The Hall–Kier alpha value is -4.49. The first-order chi connectivity index (χ1) is 19.1. The van der Waals surface area contributed by atoms with Crippen LogP contribution in [0.4, 0.5) is 0 Å². The van der Waals surface area contributed by atoms with E-state index in [-0.39, 0.29) is 5.92 Å². The fourth-order valence-corrected chi connectivity index (χ4v) is 5.88. The Labute approximate surface area is 231 Å². The molecule has 1 aliphatic rings. The van der Waals surface area contributed by atoms with Crippen molar-refractivity contribution in [2.24, 2.45) is 5.92 Å². The molecule has 0 spiro atoms. The van der Waals surface area contributed by atoms with Gasteiger partial charge in [-0.15, -0.1) is 0 Å². The van der Waals surface area contributed by atoms with Crippen LogP contribution in [0.3, 0.4) is 0 Å². The monoisotopic (exact) mass is 503 g/mol. The molecule has 1 aromatic heterocycles. The molecule has 0 saturated heterocycles. The zero-order chi connectivity index (χ0) is 26.8. The largest absolute Gasteiger partial charge is 0.253 e. The van der Waals surface area contributed by atoms with E-state index in [1.54, 1.807) is 0 Å². The summed E-state index contributed by atoms with van der Waals surface area (Å²) >= 11 is 0. The molecule has 1 atom stereocenters. The number of hydrogen-bond donors (Lipinski definition) is 0. The molecule has 0 aliphatic heterocycles. The molecule has 0 amide bonds. The van der Waals surface area contributed by atoms with Crippen LogP contribution in [0.2, 0.25) is 0 Å². The van der Waals surface area contributed by atoms with Crippen molar-refractivity contribution < 1.29 is 0 Å². The van der Waals surface area contributed by atoms with Crippen LogP contribution in [-0.4, -0.2) is 4.98 Å². The van der Waals surface area contributed by atoms with Crippen LogP contribution >= 0.6 is 0 Å². The average molecular weight is 504 g/mol. The maximum absolute atomic E-state index is 4.81. The first-order valence-corrected chi connectivity index (χ1v) is 13.8. The molecule has 4 aromatic carbocycles. The maximum atomic E-state index is 4.81. The van der Waals surface area contributed by atoms with E-state index in [4.69, 9.17) is 4.98 Å². The molecule has 39 heavy (non-hydrogen) atoms. The van der Waals surface area contributed by atoms with Gasteiger partial charge in [0.15, 0.2) is 0 Å². The van der Waals surface area contributed by atoms with Gasteiger partial charge in [0.25, 0.3) is 0 Å². The second-order valence-electron chi connectivity index (χ2n) is 10.5. The lowest BCUT2D eigenvalue weighted by Crippen LogP contribution is -2.31. The third kappa shape index (κ3) is 4.89. The van der Waals surface area contributed by atoms with E-state index in [1.807, 2.05) is 13.0 Å². The van der Waals surface area contributed by atoms with Crippen LogP contribution in [0.1, 0.15) is 35.7 Å². The summed E-state index contributed by atoms with van der Waals surface area (Å²) in [5.41, 5.74) is 9.72. The minimum Gasteiger partial charge on any atom is -0.253 e. The molecule has 190 valence electrons. The summed E-state index contributed by atoms with van der Waals surface area (Å²) in [5, 5.41) is 5.22. The maximum Gasteiger partial charge on any atom is 0.0705 e. The van der Waals surface area contributed by atoms with E-state index in [0.717, 1.165) is 23.4 Å². The molecule has 6 rings (SSSR count). The Kier molecular flexibility index (Phi) is 6.82. The summed E-state index contributed by atoms with van der Waals surface area (Å²) in [5.74, 6) is 0.227. The summed E-state index contributed by atoms with van der Waals surface area (Å²) in [6.07, 6.45) is 9.87. The summed E-state index contributed by atoms with van der Waals surface area (Å²) in [4.78, 5) is 4.81. The van der Waals surface area contributed by atoms with Crippen LogP contribution in [0.5, 0.6) is 0 Å². The van der Waals surface area contributed by atoms with Gasteiger partial charge in [0.1, 0.15) is 0 Å². The number of aromatic nitrogens is 1. The van der Waals surface area contributed by atoms with E-state index >= 15 is 0 Å². The lowest BCUT2D eigenvalue weighted by atomic mass is 9.86. The zero-order valence-corrected chi connectivity index (χ0v) is 22.9. The molecule has 0 saturated carbocycles. The molecule has 0 fully saturated rings. The van der Waals surface area contributed by atoms with E-state index in [9.17, 15) is 0 Å². The first kappa shape index (κ1) is 24.8. The van der Waals surface area contributed by atoms with Crippen molar-refractivity contribution in [1.29, 1.82) is 0 Å². The highest BCUT2D eigenvalue weighted by Gasteiger charge is 2.15. The topological polar surface area (TPSA) is 12.9 Å². The highest BCUT2D eigenvalue weighted by atomic mass is 14.7. The third-order valence-corrected chi connectivity index (χ3v) is 7.79. The second kappa shape index (κ2) is 10.7. The Balaban J connectivity index is 1.70. The van der Waals surface area contributed by atoms with Crippen LogP contribution < -0.4 is 10.4 Å². The van der Waals surface area contributed by atoms with Gasteiger partial charge < -0.3 is 0 Å². The normalized spacial score (nSPS) is 19.8. The fraction of sp³-hybridized carbons (Fsp3) is 0.132. The van der Waals surface area contributed by atoms with Gasteiger partial charge in [-0.2, -0.15) is 0 Å². The Morgan fingerprint density at radius 3 is 2.28 bits per heavy atom. The Morgan fingerprint density at radius 2 is 1.41 bits per heavy atom. The molecule has 1 heteroatoms. The van der Waals surface area contributed by atoms with E-state index in [1.165, 1.54) is 49.0 Å². The number of aryl methyl sites for hydroxylation is 2. The summed E-state index contributed by atoms with van der Waals surface area (Å²) in [7, 11) is 0. The molecular weight excluding hydrogens is 470 g/mol. The van der Waals surface area contributed by atoms with Gasteiger partial charge in [-0.25, -0.2) is 0 Å². The van der Waals surface area contributed by atoms with E-state index < -0.39 is 0 Å². The van der Waals surface area contributed by atoms with Crippen molar-refractivity contribution in [3.63, 3.8) is 0 Å². The van der Waals surface area contributed by atoms with E-state index in [2.05, 4.69) is 135 Å². The van der Waals surface area contributed by atoms with Gasteiger partial charge in [0.05, 0.1) is 5.69 Å². The molecule has 5 aromatic rings. The van der Waals surface area contributed by atoms with Crippen molar-refractivity contribution in [1.82, 2.24) is 4.98 Å².